The minimum absolute atomic E-state index is 0.446. The predicted molar refractivity (Wildman–Crippen MR) is 103 cm³/mol. The summed E-state index contributed by atoms with van der Waals surface area (Å²) in [5, 5.41) is 3.87. The summed E-state index contributed by atoms with van der Waals surface area (Å²) in [4.78, 5) is 0.767. The highest BCUT2D eigenvalue weighted by Gasteiger charge is 2.10. The van der Waals surface area contributed by atoms with Crippen molar-refractivity contribution in [2.45, 2.75) is 40.2 Å². The maximum Gasteiger partial charge on any atom is 0.122 e. The van der Waals surface area contributed by atoms with Crippen LogP contribution in [0.25, 0.3) is 0 Å². The molecule has 0 radical (unpaired) electrons. The van der Waals surface area contributed by atoms with E-state index in [4.69, 9.17) is 28.6 Å². The molecule has 0 aliphatic heterocycles. The van der Waals surface area contributed by atoms with Crippen LogP contribution >= 0.6 is 23.8 Å². The minimum atomic E-state index is 0.446. The Kier molecular flexibility index (Phi) is 6.43. The largest absolute Gasteiger partial charge is 0.489 e. The van der Waals surface area contributed by atoms with Crippen LogP contribution < -0.4 is 10.1 Å². The number of nitrogens with one attached hydrogen (secondary N) is 1. The zero-order chi connectivity index (χ0) is 16.8. The molecule has 0 amide bonds. The molecule has 0 saturated carbocycles. The molecule has 0 aliphatic rings. The molecule has 0 atom stereocenters. The van der Waals surface area contributed by atoms with E-state index in [0.29, 0.717) is 11.6 Å². The quantitative estimate of drug-likeness (QED) is 0.653. The van der Waals surface area contributed by atoms with Crippen molar-refractivity contribution >= 4 is 34.5 Å². The summed E-state index contributed by atoms with van der Waals surface area (Å²) in [6.07, 6.45) is 1.80. The van der Waals surface area contributed by atoms with Crippen molar-refractivity contribution in [3.8, 4) is 5.75 Å². The van der Waals surface area contributed by atoms with E-state index in [0.717, 1.165) is 40.4 Å². The molecular weight excluding hydrogens is 326 g/mol. The normalized spacial score (nSPS) is 10.4. The number of benzene rings is 2. The van der Waals surface area contributed by atoms with Crippen molar-refractivity contribution < 1.29 is 4.74 Å². The first-order chi connectivity index (χ1) is 11.0. The molecule has 2 aromatic carbocycles. The molecule has 0 spiro atoms. The first kappa shape index (κ1) is 17.8. The van der Waals surface area contributed by atoms with Gasteiger partial charge in [0.05, 0.1) is 15.7 Å². The number of ether oxygens (including phenoxy) is 1. The van der Waals surface area contributed by atoms with Crippen LogP contribution in [0.2, 0.25) is 5.02 Å². The highest BCUT2D eigenvalue weighted by molar-refractivity contribution is 7.80. The highest BCUT2D eigenvalue weighted by atomic mass is 35.5. The molecular formula is C19H22ClNOS. The highest BCUT2D eigenvalue weighted by Crippen LogP contribution is 2.28. The number of anilines is 1. The Morgan fingerprint density at radius 3 is 2.65 bits per heavy atom. The van der Waals surface area contributed by atoms with Crippen LogP contribution in [0.3, 0.4) is 0 Å². The van der Waals surface area contributed by atoms with Gasteiger partial charge in [0.1, 0.15) is 12.4 Å². The lowest BCUT2D eigenvalue weighted by Crippen LogP contribution is -2.11. The number of para-hydroxylation sites is 1. The molecule has 0 aliphatic carbocycles. The van der Waals surface area contributed by atoms with Gasteiger partial charge >= 0.3 is 0 Å². The van der Waals surface area contributed by atoms with Crippen LogP contribution in [0.15, 0.2) is 36.4 Å². The lowest BCUT2D eigenvalue weighted by molar-refractivity contribution is 0.304. The maximum atomic E-state index is 6.31. The van der Waals surface area contributed by atoms with E-state index in [1.165, 1.54) is 5.56 Å². The van der Waals surface area contributed by atoms with Crippen LogP contribution in [-0.2, 0) is 13.0 Å². The van der Waals surface area contributed by atoms with E-state index in [-0.39, 0.29) is 0 Å². The summed E-state index contributed by atoms with van der Waals surface area (Å²) < 4.78 is 5.99. The van der Waals surface area contributed by atoms with Crippen molar-refractivity contribution in [1.29, 1.82) is 0 Å². The third-order valence-electron chi connectivity index (χ3n) is 3.72. The van der Waals surface area contributed by atoms with E-state index in [2.05, 4.69) is 31.3 Å². The number of hydrogen-bond acceptors (Lipinski definition) is 2. The molecule has 0 aromatic heterocycles. The second kappa shape index (κ2) is 8.32. The van der Waals surface area contributed by atoms with Crippen molar-refractivity contribution in [2.24, 2.45) is 0 Å². The molecule has 2 aromatic rings. The zero-order valence-electron chi connectivity index (χ0n) is 13.8. The van der Waals surface area contributed by atoms with Crippen molar-refractivity contribution in [3.05, 3.63) is 58.1 Å². The average molecular weight is 348 g/mol. The van der Waals surface area contributed by atoms with E-state index in [9.17, 15) is 0 Å². The van der Waals surface area contributed by atoms with Crippen LogP contribution in [0.4, 0.5) is 5.69 Å². The summed E-state index contributed by atoms with van der Waals surface area (Å²) in [5.41, 5.74) is 4.29. The molecule has 2 rings (SSSR count). The third-order valence-corrected chi connectivity index (χ3v) is 4.42. The summed E-state index contributed by atoms with van der Waals surface area (Å²) in [6, 6.07) is 12.1. The van der Waals surface area contributed by atoms with Gasteiger partial charge in [0, 0.05) is 5.56 Å². The Balaban J connectivity index is 2.17. The SMILES string of the molecule is CCC(=S)Nc1c(Cl)cccc1COc1ccc(CC)cc1C. The minimum Gasteiger partial charge on any atom is -0.489 e. The molecule has 122 valence electrons. The topological polar surface area (TPSA) is 21.3 Å². The standard InChI is InChI=1S/C19H22ClNOS/c1-4-14-9-10-17(13(3)11-14)22-12-15-7-6-8-16(20)19(15)21-18(23)5-2/h6-11H,4-5,12H2,1-3H3,(H,21,23). The van der Waals surface area contributed by atoms with Gasteiger partial charge in [-0.1, -0.05) is 61.9 Å². The van der Waals surface area contributed by atoms with Crippen molar-refractivity contribution in [3.63, 3.8) is 0 Å². The van der Waals surface area contributed by atoms with Gasteiger partial charge in [-0.2, -0.15) is 0 Å². The van der Waals surface area contributed by atoms with E-state index >= 15 is 0 Å². The maximum absolute atomic E-state index is 6.31. The molecule has 0 saturated heterocycles. The molecule has 23 heavy (non-hydrogen) atoms. The van der Waals surface area contributed by atoms with E-state index in [1.807, 2.05) is 31.2 Å². The van der Waals surface area contributed by atoms with Crippen molar-refractivity contribution in [1.82, 2.24) is 0 Å². The number of hydrogen-bond donors (Lipinski definition) is 1. The van der Waals surface area contributed by atoms with Gasteiger partial charge in [0.2, 0.25) is 0 Å². The molecule has 0 heterocycles. The fourth-order valence-corrected chi connectivity index (χ4v) is 2.65. The fraction of sp³-hybridized carbons (Fsp3) is 0.316. The second-order valence-corrected chi connectivity index (χ2v) is 6.32. The lowest BCUT2D eigenvalue weighted by atomic mass is 10.1. The van der Waals surface area contributed by atoms with Crippen LogP contribution in [-0.4, -0.2) is 4.99 Å². The molecule has 0 fully saturated rings. The first-order valence-electron chi connectivity index (χ1n) is 7.84. The molecule has 0 unspecified atom stereocenters. The predicted octanol–water partition coefficient (Wildman–Crippen LogP) is 5.94. The Morgan fingerprint density at radius 2 is 2.00 bits per heavy atom. The number of thiocarbonyl (C=S) groups is 1. The van der Waals surface area contributed by atoms with Gasteiger partial charge < -0.3 is 10.1 Å². The van der Waals surface area contributed by atoms with Gasteiger partial charge in [-0.05, 0) is 43.0 Å². The third kappa shape index (κ3) is 4.69. The Morgan fingerprint density at radius 1 is 1.22 bits per heavy atom. The fourth-order valence-electron chi connectivity index (χ4n) is 2.31. The van der Waals surface area contributed by atoms with Gasteiger partial charge in [-0.15, -0.1) is 0 Å². The second-order valence-electron chi connectivity index (χ2n) is 5.42. The van der Waals surface area contributed by atoms with Crippen molar-refractivity contribution in [2.75, 3.05) is 5.32 Å². The Hall–Kier alpha value is -1.58. The average Bonchev–Trinajstić information content (AvgIpc) is 2.56. The van der Waals surface area contributed by atoms with Gasteiger partial charge in [-0.3, -0.25) is 0 Å². The van der Waals surface area contributed by atoms with Crippen LogP contribution in [0.1, 0.15) is 37.0 Å². The molecule has 0 bridgehead atoms. The first-order valence-corrected chi connectivity index (χ1v) is 8.63. The number of rotatable bonds is 6. The number of halogens is 1. The Bertz CT molecular complexity index is 700. The zero-order valence-corrected chi connectivity index (χ0v) is 15.4. The van der Waals surface area contributed by atoms with Gasteiger partial charge in [0.15, 0.2) is 0 Å². The summed E-state index contributed by atoms with van der Waals surface area (Å²) in [6.45, 7) is 6.68. The van der Waals surface area contributed by atoms with E-state index in [1.54, 1.807) is 0 Å². The summed E-state index contributed by atoms with van der Waals surface area (Å²) in [5.74, 6) is 0.895. The van der Waals surface area contributed by atoms with E-state index < -0.39 is 0 Å². The molecule has 1 N–H and O–H groups in total. The molecule has 4 heteroatoms. The van der Waals surface area contributed by atoms with Gasteiger partial charge in [0.25, 0.3) is 0 Å². The monoisotopic (exact) mass is 347 g/mol. The summed E-state index contributed by atoms with van der Waals surface area (Å²) in [7, 11) is 0. The lowest BCUT2D eigenvalue weighted by Gasteiger charge is -2.16. The Labute approximate surface area is 148 Å². The number of aryl methyl sites for hydroxylation is 2. The van der Waals surface area contributed by atoms with Crippen LogP contribution in [0.5, 0.6) is 5.75 Å². The van der Waals surface area contributed by atoms with Crippen LogP contribution in [0, 0.1) is 6.92 Å². The smallest absolute Gasteiger partial charge is 0.122 e. The summed E-state index contributed by atoms with van der Waals surface area (Å²) >= 11 is 11.6. The van der Waals surface area contributed by atoms with Gasteiger partial charge in [-0.25, -0.2) is 0 Å². The molecule has 2 nitrogen and oxygen atoms in total.